The molecule has 0 aromatic heterocycles. The molecule has 0 saturated heterocycles. The van der Waals surface area contributed by atoms with E-state index in [0.29, 0.717) is 13.2 Å². The molecule has 0 unspecified atom stereocenters. The first kappa shape index (κ1) is 29.2. The number of anilines is 2. The predicted octanol–water partition coefficient (Wildman–Crippen LogP) is 6.98. The van der Waals surface area contributed by atoms with Gasteiger partial charge < -0.3 is 20.1 Å². The fourth-order valence-corrected chi connectivity index (χ4v) is 3.91. The van der Waals surface area contributed by atoms with Gasteiger partial charge in [-0.15, -0.1) is 0 Å². The lowest BCUT2D eigenvalue weighted by atomic mass is 10.1. The average molecular weight is 497 g/mol. The van der Waals surface area contributed by atoms with Crippen LogP contribution in [-0.2, 0) is 19.1 Å². The van der Waals surface area contributed by atoms with Crippen molar-refractivity contribution in [3.63, 3.8) is 0 Å². The zero-order valence-electron chi connectivity index (χ0n) is 21.7. The number of nitrogens with one attached hydrogen (secondary N) is 2. The maximum atomic E-state index is 11.7. The van der Waals surface area contributed by atoms with Gasteiger partial charge in [-0.1, -0.05) is 101 Å². The first-order valence-electron chi connectivity index (χ1n) is 13.6. The van der Waals surface area contributed by atoms with Gasteiger partial charge in [0.1, 0.15) is 13.1 Å². The first-order valence-corrected chi connectivity index (χ1v) is 13.6. The zero-order valence-corrected chi connectivity index (χ0v) is 21.7. The standard InChI is InChI=1S/C30H44N2O4/c33-29(25-31-27-19-13-11-14-20-27)35-23-17-9-7-5-3-1-2-4-6-8-10-18-24-36-30(34)26-32-28-21-15-12-16-22-28/h11-16,19-22,31-32H,1-10,17-18,23-26H2. The van der Waals surface area contributed by atoms with Gasteiger partial charge in [-0.2, -0.15) is 0 Å². The molecule has 0 fully saturated rings. The normalized spacial score (nSPS) is 10.6. The molecule has 0 aliphatic heterocycles. The maximum Gasteiger partial charge on any atom is 0.325 e. The van der Waals surface area contributed by atoms with Crippen LogP contribution in [0, 0.1) is 0 Å². The molecule has 2 aromatic rings. The Morgan fingerprint density at radius 2 is 0.778 bits per heavy atom. The highest BCUT2D eigenvalue weighted by atomic mass is 16.5. The van der Waals surface area contributed by atoms with Gasteiger partial charge in [0, 0.05) is 11.4 Å². The van der Waals surface area contributed by atoms with Crippen molar-refractivity contribution in [3.8, 4) is 0 Å². The van der Waals surface area contributed by atoms with Crippen LogP contribution in [0.25, 0.3) is 0 Å². The number of rotatable bonds is 21. The topological polar surface area (TPSA) is 76.7 Å². The number of carbonyl (C=O) groups is 2. The molecule has 0 aliphatic carbocycles. The molecule has 0 radical (unpaired) electrons. The summed E-state index contributed by atoms with van der Waals surface area (Å²) in [6, 6.07) is 19.4. The Kier molecular flexibility index (Phi) is 16.4. The van der Waals surface area contributed by atoms with Crippen molar-refractivity contribution in [1.29, 1.82) is 0 Å². The lowest BCUT2D eigenvalue weighted by Gasteiger charge is -2.07. The van der Waals surface area contributed by atoms with E-state index in [1.54, 1.807) is 0 Å². The lowest BCUT2D eigenvalue weighted by Crippen LogP contribution is -2.17. The van der Waals surface area contributed by atoms with Gasteiger partial charge in [0.05, 0.1) is 13.2 Å². The Labute approximate surface area is 217 Å². The Morgan fingerprint density at radius 1 is 0.472 bits per heavy atom. The Morgan fingerprint density at radius 3 is 1.11 bits per heavy atom. The van der Waals surface area contributed by atoms with Crippen LogP contribution in [0.3, 0.4) is 0 Å². The Hall–Kier alpha value is -3.02. The van der Waals surface area contributed by atoms with Gasteiger partial charge in [0.2, 0.25) is 0 Å². The summed E-state index contributed by atoms with van der Waals surface area (Å²) in [4.78, 5) is 23.5. The van der Waals surface area contributed by atoms with Gasteiger partial charge in [0.15, 0.2) is 0 Å². The fourth-order valence-electron chi connectivity index (χ4n) is 3.91. The second-order valence-corrected chi connectivity index (χ2v) is 9.12. The van der Waals surface area contributed by atoms with Crippen LogP contribution in [0.1, 0.15) is 77.0 Å². The fraction of sp³-hybridized carbons (Fsp3) is 0.533. The summed E-state index contributed by atoms with van der Waals surface area (Å²) in [5.41, 5.74) is 1.86. The van der Waals surface area contributed by atoms with Gasteiger partial charge in [-0.05, 0) is 37.1 Å². The quantitative estimate of drug-likeness (QED) is 0.143. The molecule has 2 rings (SSSR count). The number of esters is 2. The second kappa shape index (κ2) is 20.2. The molecule has 2 aromatic carbocycles. The van der Waals surface area contributed by atoms with E-state index in [9.17, 15) is 9.59 Å². The molecular formula is C30H44N2O4. The van der Waals surface area contributed by atoms with Crippen molar-refractivity contribution >= 4 is 23.3 Å². The molecule has 0 atom stereocenters. The van der Waals surface area contributed by atoms with Gasteiger partial charge in [-0.25, -0.2) is 0 Å². The Balaban J connectivity index is 1.25. The van der Waals surface area contributed by atoms with E-state index in [1.165, 1.54) is 51.4 Å². The Bertz CT molecular complexity index is 745. The highest BCUT2D eigenvalue weighted by Gasteiger charge is 2.03. The highest BCUT2D eigenvalue weighted by Crippen LogP contribution is 2.12. The number of carbonyl (C=O) groups excluding carboxylic acids is 2. The smallest absolute Gasteiger partial charge is 0.325 e. The predicted molar refractivity (Wildman–Crippen MR) is 147 cm³/mol. The van der Waals surface area contributed by atoms with E-state index in [4.69, 9.17) is 9.47 Å². The third kappa shape index (κ3) is 15.8. The molecule has 0 aliphatic rings. The molecule has 0 spiro atoms. The third-order valence-electron chi connectivity index (χ3n) is 5.99. The van der Waals surface area contributed by atoms with Crippen molar-refractivity contribution in [3.05, 3.63) is 60.7 Å². The van der Waals surface area contributed by atoms with Gasteiger partial charge >= 0.3 is 11.9 Å². The van der Waals surface area contributed by atoms with Crippen molar-refractivity contribution in [1.82, 2.24) is 0 Å². The largest absolute Gasteiger partial charge is 0.464 e. The summed E-state index contributed by atoms with van der Waals surface area (Å²) in [6.45, 7) is 1.45. The van der Waals surface area contributed by atoms with Crippen LogP contribution in [0.5, 0.6) is 0 Å². The molecular weight excluding hydrogens is 452 g/mol. The number of hydrogen-bond acceptors (Lipinski definition) is 6. The molecule has 2 N–H and O–H groups in total. The summed E-state index contributed by atoms with van der Waals surface area (Å²) < 4.78 is 10.6. The van der Waals surface area contributed by atoms with Crippen LogP contribution in [-0.4, -0.2) is 38.2 Å². The van der Waals surface area contributed by atoms with E-state index in [2.05, 4.69) is 10.6 Å². The van der Waals surface area contributed by atoms with Crippen LogP contribution in [0.4, 0.5) is 11.4 Å². The van der Waals surface area contributed by atoms with Crippen molar-refractivity contribution in [2.24, 2.45) is 0 Å². The first-order chi connectivity index (χ1) is 17.7. The second-order valence-electron chi connectivity index (χ2n) is 9.12. The summed E-state index contributed by atoms with van der Waals surface area (Å²) in [5.74, 6) is -0.396. The number of para-hydroxylation sites is 2. The molecule has 0 heterocycles. The third-order valence-corrected chi connectivity index (χ3v) is 5.99. The van der Waals surface area contributed by atoms with E-state index in [1.807, 2.05) is 60.7 Å². The molecule has 0 saturated carbocycles. The van der Waals surface area contributed by atoms with Crippen LogP contribution in [0.15, 0.2) is 60.7 Å². The minimum atomic E-state index is -0.198. The molecule has 36 heavy (non-hydrogen) atoms. The molecule has 198 valence electrons. The molecule has 6 heteroatoms. The number of benzene rings is 2. The van der Waals surface area contributed by atoms with E-state index < -0.39 is 0 Å². The van der Waals surface area contributed by atoms with Crippen LogP contribution in [0.2, 0.25) is 0 Å². The number of hydrogen-bond donors (Lipinski definition) is 2. The summed E-state index contributed by atoms with van der Waals surface area (Å²) in [7, 11) is 0. The monoisotopic (exact) mass is 496 g/mol. The minimum absolute atomic E-state index is 0.198. The SMILES string of the molecule is O=C(CNc1ccccc1)OCCCCCCCCCCCCCCOC(=O)CNc1ccccc1. The summed E-state index contributed by atoms with van der Waals surface area (Å²) in [6.07, 6.45) is 14.2. The van der Waals surface area contributed by atoms with Gasteiger partial charge in [-0.3, -0.25) is 9.59 Å². The number of unbranched alkanes of at least 4 members (excludes halogenated alkanes) is 11. The van der Waals surface area contributed by atoms with Crippen molar-refractivity contribution in [2.75, 3.05) is 36.9 Å². The molecule has 6 nitrogen and oxygen atoms in total. The minimum Gasteiger partial charge on any atom is -0.464 e. The molecule has 0 bridgehead atoms. The van der Waals surface area contributed by atoms with Crippen LogP contribution < -0.4 is 10.6 Å². The average Bonchev–Trinajstić information content (AvgIpc) is 2.91. The van der Waals surface area contributed by atoms with E-state index >= 15 is 0 Å². The maximum absolute atomic E-state index is 11.7. The molecule has 0 amide bonds. The zero-order chi connectivity index (χ0) is 25.5. The highest BCUT2D eigenvalue weighted by molar-refractivity contribution is 5.75. The van der Waals surface area contributed by atoms with Crippen molar-refractivity contribution in [2.45, 2.75) is 77.0 Å². The lowest BCUT2D eigenvalue weighted by molar-refractivity contribution is -0.142. The van der Waals surface area contributed by atoms with Gasteiger partial charge in [0.25, 0.3) is 0 Å². The summed E-state index contributed by atoms with van der Waals surface area (Å²) >= 11 is 0. The van der Waals surface area contributed by atoms with Crippen molar-refractivity contribution < 1.29 is 19.1 Å². The number of ether oxygens (including phenoxy) is 2. The summed E-state index contributed by atoms with van der Waals surface area (Å²) in [5, 5.41) is 6.13. The van der Waals surface area contributed by atoms with Crippen LogP contribution >= 0.6 is 0 Å². The van der Waals surface area contributed by atoms with E-state index in [0.717, 1.165) is 37.1 Å². The van der Waals surface area contributed by atoms with E-state index in [-0.39, 0.29) is 25.0 Å².